The molecule has 1 aliphatic rings. The number of rotatable bonds is 2. The zero-order chi connectivity index (χ0) is 14.2. The van der Waals surface area contributed by atoms with Gasteiger partial charge in [-0.1, -0.05) is 29.8 Å². The molecule has 5 heteroatoms. The quantitative estimate of drug-likeness (QED) is 0.863. The Kier molecular flexibility index (Phi) is 3.18. The summed E-state index contributed by atoms with van der Waals surface area (Å²) in [6.45, 7) is 2.01. The number of nitrogens with one attached hydrogen (secondary N) is 1. The second-order valence-corrected chi connectivity index (χ2v) is 5.22. The highest BCUT2D eigenvalue weighted by molar-refractivity contribution is 6.30. The number of nitrogens with zero attached hydrogens (tertiary/aromatic N) is 2. The predicted octanol–water partition coefficient (Wildman–Crippen LogP) is 3.14. The molecule has 2 aromatic rings. The highest BCUT2D eigenvalue weighted by Gasteiger charge is 2.42. The van der Waals surface area contributed by atoms with Crippen LogP contribution in [0.2, 0.25) is 5.02 Å². The molecule has 0 aliphatic carbocycles. The molecule has 0 saturated carbocycles. The fourth-order valence-corrected chi connectivity index (χ4v) is 2.75. The molecule has 0 radical (unpaired) electrons. The van der Waals surface area contributed by atoms with Crippen molar-refractivity contribution < 1.29 is 4.39 Å². The summed E-state index contributed by atoms with van der Waals surface area (Å²) in [7, 11) is 0. The Bertz CT molecular complexity index is 592. The van der Waals surface area contributed by atoms with Crippen molar-refractivity contribution in [3.05, 3.63) is 64.7 Å². The third-order valence-electron chi connectivity index (χ3n) is 3.70. The third kappa shape index (κ3) is 1.96. The molecule has 3 rings (SSSR count). The van der Waals surface area contributed by atoms with Gasteiger partial charge in [0.05, 0.1) is 12.4 Å². The summed E-state index contributed by atoms with van der Waals surface area (Å²) in [4.78, 5) is 8.15. The van der Waals surface area contributed by atoms with Crippen molar-refractivity contribution in [1.29, 1.82) is 0 Å². The highest BCUT2D eigenvalue weighted by atomic mass is 35.5. The predicted molar refractivity (Wildman–Crippen MR) is 77.5 cm³/mol. The Labute approximate surface area is 121 Å². The molecule has 1 aromatic heterocycles. The van der Waals surface area contributed by atoms with Crippen molar-refractivity contribution in [2.24, 2.45) is 4.99 Å². The Morgan fingerprint density at radius 1 is 1.15 bits per heavy atom. The molecule has 20 heavy (non-hydrogen) atoms. The van der Waals surface area contributed by atoms with E-state index in [2.05, 4.69) is 15.3 Å². The summed E-state index contributed by atoms with van der Waals surface area (Å²) >= 11 is 5.95. The fraction of sp³-hybridized carbons (Fsp3) is 0.200. The Hall–Kier alpha value is -1.94. The van der Waals surface area contributed by atoms with Gasteiger partial charge in [0.2, 0.25) is 5.95 Å². The van der Waals surface area contributed by atoms with E-state index in [0.29, 0.717) is 5.02 Å². The summed E-state index contributed by atoms with van der Waals surface area (Å²) in [6, 6.07) is 10.6. The van der Waals surface area contributed by atoms with Crippen LogP contribution in [0, 0.1) is 5.95 Å². The molecule has 0 bridgehead atoms. The van der Waals surface area contributed by atoms with Gasteiger partial charge in [0.25, 0.3) is 0 Å². The lowest BCUT2D eigenvalue weighted by Crippen LogP contribution is -2.45. The number of aliphatic imine (C=N–C) groups is 1. The second kappa shape index (κ2) is 4.87. The minimum Gasteiger partial charge on any atom is -0.361 e. The molecular formula is C15H13ClFN3. The van der Waals surface area contributed by atoms with Gasteiger partial charge in [0, 0.05) is 16.8 Å². The van der Waals surface area contributed by atoms with Crippen LogP contribution < -0.4 is 5.32 Å². The molecule has 0 spiro atoms. The number of halogens is 2. The summed E-state index contributed by atoms with van der Waals surface area (Å²) < 4.78 is 13.1. The molecule has 0 amide bonds. The van der Waals surface area contributed by atoms with E-state index in [0.717, 1.165) is 11.1 Å². The number of benzene rings is 1. The molecule has 2 heterocycles. The molecule has 0 fully saturated rings. The minimum atomic E-state index is -0.536. The van der Waals surface area contributed by atoms with Gasteiger partial charge in [-0.25, -0.2) is 4.98 Å². The van der Waals surface area contributed by atoms with E-state index in [1.807, 2.05) is 31.2 Å². The average molecular weight is 290 g/mol. The topological polar surface area (TPSA) is 37.3 Å². The second-order valence-electron chi connectivity index (χ2n) is 4.78. The van der Waals surface area contributed by atoms with Crippen LogP contribution in [0.25, 0.3) is 0 Å². The van der Waals surface area contributed by atoms with Crippen LogP contribution in [-0.2, 0) is 5.54 Å². The Morgan fingerprint density at radius 2 is 1.85 bits per heavy atom. The third-order valence-corrected chi connectivity index (χ3v) is 3.95. The molecule has 0 saturated heterocycles. The summed E-state index contributed by atoms with van der Waals surface area (Å²) in [6.07, 6.45) is 3.23. The van der Waals surface area contributed by atoms with Crippen LogP contribution in [0.4, 0.5) is 4.39 Å². The Morgan fingerprint density at radius 3 is 2.40 bits per heavy atom. The SMILES string of the molecule is C[C@@H]1N=CN[C@@]1(c1ccc(Cl)cc1)c1ccc(F)nc1. The van der Waals surface area contributed by atoms with Crippen LogP contribution in [0.3, 0.4) is 0 Å². The van der Waals surface area contributed by atoms with Crippen molar-refractivity contribution in [3.63, 3.8) is 0 Å². The van der Waals surface area contributed by atoms with Crippen molar-refractivity contribution in [2.45, 2.75) is 18.5 Å². The first-order valence-electron chi connectivity index (χ1n) is 6.30. The molecule has 1 N–H and O–H groups in total. The monoisotopic (exact) mass is 289 g/mol. The van der Waals surface area contributed by atoms with Gasteiger partial charge >= 0.3 is 0 Å². The number of aromatic nitrogens is 1. The number of pyridine rings is 1. The van der Waals surface area contributed by atoms with Crippen molar-refractivity contribution >= 4 is 17.9 Å². The largest absolute Gasteiger partial charge is 0.361 e. The van der Waals surface area contributed by atoms with E-state index in [4.69, 9.17) is 11.6 Å². The van der Waals surface area contributed by atoms with Crippen molar-refractivity contribution in [3.8, 4) is 0 Å². The average Bonchev–Trinajstić information content (AvgIpc) is 2.83. The maximum absolute atomic E-state index is 13.1. The van der Waals surface area contributed by atoms with Gasteiger partial charge < -0.3 is 5.32 Å². The van der Waals surface area contributed by atoms with Gasteiger partial charge in [0.15, 0.2) is 0 Å². The van der Waals surface area contributed by atoms with Gasteiger partial charge in [-0.3, -0.25) is 4.99 Å². The maximum atomic E-state index is 13.1. The van der Waals surface area contributed by atoms with E-state index in [1.54, 1.807) is 18.6 Å². The minimum absolute atomic E-state index is 0.0315. The van der Waals surface area contributed by atoms with Crippen LogP contribution in [0.5, 0.6) is 0 Å². The summed E-state index contributed by atoms with van der Waals surface area (Å²) in [5.41, 5.74) is 1.34. The lowest BCUT2D eigenvalue weighted by atomic mass is 9.79. The highest BCUT2D eigenvalue weighted by Crippen LogP contribution is 2.36. The standard InChI is InChI=1S/C15H13ClFN3/c1-10-15(20-9-19-10,11-2-5-13(16)6-3-11)12-4-7-14(17)18-8-12/h2-10H,1H3,(H,19,20)/t10-,15-/m0/s1. The molecule has 1 aromatic carbocycles. The van der Waals surface area contributed by atoms with E-state index in [-0.39, 0.29) is 6.04 Å². The molecule has 3 nitrogen and oxygen atoms in total. The zero-order valence-corrected chi connectivity index (χ0v) is 11.6. The number of hydrogen-bond acceptors (Lipinski definition) is 3. The van der Waals surface area contributed by atoms with Crippen LogP contribution in [0.1, 0.15) is 18.1 Å². The first kappa shape index (κ1) is 13.1. The van der Waals surface area contributed by atoms with Gasteiger partial charge in [-0.05, 0) is 30.7 Å². The first-order chi connectivity index (χ1) is 9.63. The van der Waals surface area contributed by atoms with Crippen LogP contribution in [-0.4, -0.2) is 17.4 Å². The lowest BCUT2D eigenvalue weighted by molar-refractivity contribution is 0.432. The molecule has 1 aliphatic heterocycles. The molecule has 2 atom stereocenters. The normalized spacial score (nSPS) is 24.6. The molecular weight excluding hydrogens is 277 g/mol. The maximum Gasteiger partial charge on any atom is 0.212 e. The zero-order valence-electron chi connectivity index (χ0n) is 10.8. The number of hydrogen-bond donors (Lipinski definition) is 1. The summed E-state index contributed by atoms with van der Waals surface area (Å²) in [5, 5.41) is 3.97. The van der Waals surface area contributed by atoms with Crippen molar-refractivity contribution in [1.82, 2.24) is 10.3 Å². The van der Waals surface area contributed by atoms with Gasteiger partial charge in [0.1, 0.15) is 5.54 Å². The lowest BCUT2D eigenvalue weighted by Gasteiger charge is -2.34. The van der Waals surface area contributed by atoms with E-state index >= 15 is 0 Å². The van der Waals surface area contributed by atoms with E-state index in [1.165, 1.54) is 6.07 Å². The van der Waals surface area contributed by atoms with Crippen LogP contribution in [0.15, 0.2) is 47.6 Å². The summed E-state index contributed by atoms with van der Waals surface area (Å²) in [5.74, 6) is -0.494. The van der Waals surface area contributed by atoms with Gasteiger partial charge in [-0.2, -0.15) is 4.39 Å². The van der Waals surface area contributed by atoms with E-state index < -0.39 is 11.5 Å². The van der Waals surface area contributed by atoms with Crippen LogP contribution >= 0.6 is 11.6 Å². The molecule has 102 valence electrons. The van der Waals surface area contributed by atoms with E-state index in [9.17, 15) is 4.39 Å². The smallest absolute Gasteiger partial charge is 0.212 e. The van der Waals surface area contributed by atoms with Crippen molar-refractivity contribution in [2.75, 3.05) is 0 Å². The first-order valence-corrected chi connectivity index (χ1v) is 6.68. The fourth-order valence-electron chi connectivity index (χ4n) is 2.62. The van der Waals surface area contributed by atoms with Gasteiger partial charge in [-0.15, -0.1) is 0 Å². The Balaban J connectivity index is 2.15. The molecule has 0 unspecified atom stereocenters.